The lowest BCUT2D eigenvalue weighted by molar-refractivity contribution is 0.00748. The topological polar surface area (TPSA) is 76.6 Å². The fraction of sp³-hybridized carbons (Fsp3) is 0.538. The quantitative estimate of drug-likeness (QED) is 0.864. The molecule has 0 amide bonds. The van der Waals surface area contributed by atoms with Crippen molar-refractivity contribution in [3.8, 4) is 11.6 Å². The zero-order valence-electron chi connectivity index (χ0n) is 11.4. The van der Waals surface area contributed by atoms with Crippen molar-refractivity contribution in [1.29, 1.82) is 0 Å². The summed E-state index contributed by atoms with van der Waals surface area (Å²) in [5.74, 6) is 1.67. The number of furan rings is 1. The van der Waals surface area contributed by atoms with Gasteiger partial charge in [0.15, 0.2) is 5.76 Å². The molecule has 108 valence electrons. The minimum absolute atomic E-state index is 0.209. The summed E-state index contributed by atoms with van der Waals surface area (Å²) in [7, 11) is 2.01. The van der Waals surface area contributed by atoms with E-state index in [1.165, 1.54) is 0 Å². The van der Waals surface area contributed by atoms with Gasteiger partial charge < -0.3 is 19.0 Å². The molecule has 0 bridgehead atoms. The summed E-state index contributed by atoms with van der Waals surface area (Å²) >= 11 is 0. The fourth-order valence-electron chi connectivity index (χ4n) is 2.21. The van der Waals surface area contributed by atoms with Gasteiger partial charge in [-0.3, -0.25) is 4.90 Å². The van der Waals surface area contributed by atoms with E-state index in [0.717, 1.165) is 26.2 Å². The molecule has 0 aromatic carbocycles. The molecule has 2 aromatic rings. The van der Waals surface area contributed by atoms with E-state index >= 15 is 0 Å². The highest BCUT2D eigenvalue weighted by molar-refractivity contribution is 5.44. The molecular formula is C13H18N4O3. The highest BCUT2D eigenvalue weighted by Gasteiger charge is 2.18. The predicted octanol–water partition coefficient (Wildman–Crippen LogP) is 0.750. The SMILES string of the molecule is CN(Cc1nc(-c2ccco2)no1)CC1CNCCO1. The van der Waals surface area contributed by atoms with E-state index < -0.39 is 0 Å². The first-order chi connectivity index (χ1) is 9.81. The first-order valence-corrected chi connectivity index (χ1v) is 6.68. The summed E-state index contributed by atoms with van der Waals surface area (Å²) in [5.41, 5.74) is 0. The van der Waals surface area contributed by atoms with Crippen LogP contribution in [0.15, 0.2) is 27.3 Å². The highest BCUT2D eigenvalue weighted by atomic mass is 16.5. The lowest BCUT2D eigenvalue weighted by Gasteiger charge is -2.27. The Morgan fingerprint density at radius 2 is 2.45 bits per heavy atom. The number of nitrogens with one attached hydrogen (secondary N) is 1. The van der Waals surface area contributed by atoms with Crippen molar-refractivity contribution < 1.29 is 13.7 Å². The maximum Gasteiger partial charge on any atom is 0.241 e. The standard InChI is InChI=1S/C13H18N4O3/c1-17(8-10-7-14-4-6-18-10)9-12-15-13(16-20-12)11-3-2-5-19-11/h2-3,5,10,14H,4,6-9H2,1H3. The molecule has 1 fully saturated rings. The zero-order chi connectivity index (χ0) is 13.8. The molecule has 1 aliphatic heterocycles. The number of hydrogen-bond donors (Lipinski definition) is 1. The van der Waals surface area contributed by atoms with Gasteiger partial charge in [0.25, 0.3) is 0 Å². The minimum Gasteiger partial charge on any atom is -0.461 e. The van der Waals surface area contributed by atoms with Crippen LogP contribution in [0.2, 0.25) is 0 Å². The largest absolute Gasteiger partial charge is 0.461 e. The van der Waals surface area contributed by atoms with Crippen LogP contribution < -0.4 is 5.32 Å². The summed E-state index contributed by atoms with van der Waals surface area (Å²) in [6, 6.07) is 3.60. The molecule has 0 radical (unpaired) electrons. The second-order valence-corrected chi connectivity index (χ2v) is 4.88. The van der Waals surface area contributed by atoms with Crippen LogP contribution in [0.1, 0.15) is 5.89 Å². The van der Waals surface area contributed by atoms with Gasteiger partial charge in [-0.05, 0) is 19.2 Å². The lowest BCUT2D eigenvalue weighted by Crippen LogP contribution is -2.44. The van der Waals surface area contributed by atoms with E-state index in [2.05, 4.69) is 20.4 Å². The molecule has 0 spiro atoms. The smallest absolute Gasteiger partial charge is 0.241 e. The molecule has 1 saturated heterocycles. The Morgan fingerprint density at radius 1 is 1.50 bits per heavy atom. The van der Waals surface area contributed by atoms with Crippen LogP contribution in [0, 0.1) is 0 Å². The summed E-state index contributed by atoms with van der Waals surface area (Å²) in [4.78, 5) is 6.42. The number of ether oxygens (including phenoxy) is 1. The number of likely N-dealkylation sites (N-methyl/N-ethyl adjacent to an activating group) is 1. The molecule has 7 heteroatoms. The second-order valence-electron chi connectivity index (χ2n) is 4.88. The van der Waals surface area contributed by atoms with Crippen LogP contribution in [-0.2, 0) is 11.3 Å². The van der Waals surface area contributed by atoms with E-state index in [1.807, 2.05) is 7.05 Å². The average Bonchev–Trinajstić information content (AvgIpc) is 3.10. The van der Waals surface area contributed by atoms with Crippen LogP contribution in [-0.4, -0.2) is 54.4 Å². The molecule has 0 aliphatic carbocycles. The molecule has 2 aromatic heterocycles. The van der Waals surface area contributed by atoms with E-state index in [4.69, 9.17) is 13.7 Å². The van der Waals surface area contributed by atoms with Gasteiger partial charge in [0, 0.05) is 19.6 Å². The van der Waals surface area contributed by atoms with Crippen LogP contribution in [0.4, 0.5) is 0 Å². The highest BCUT2D eigenvalue weighted by Crippen LogP contribution is 2.16. The monoisotopic (exact) mass is 278 g/mol. The number of hydrogen-bond acceptors (Lipinski definition) is 7. The predicted molar refractivity (Wildman–Crippen MR) is 70.9 cm³/mol. The molecule has 7 nitrogen and oxygen atoms in total. The molecule has 20 heavy (non-hydrogen) atoms. The van der Waals surface area contributed by atoms with Crippen molar-refractivity contribution in [3.63, 3.8) is 0 Å². The van der Waals surface area contributed by atoms with Crippen molar-refractivity contribution in [1.82, 2.24) is 20.4 Å². The zero-order valence-corrected chi connectivity index (χ0v) is 11.4. The van der Waals surface area contributed by atoms with Crippen LogP contribution >= 0.6 is 0 Å². The van der Waals surface area contributed by atoms with Gasteiger partial charge in [0.1, 0.15) is 0 Å². The van der Waals surface area contributed by atoms with E-state index in [1.54, 1.807) is 18.4 Å². The van der Waals surface area contributed by atoms with E-state index in [9.17, 15) is 0 Å². The first kappa shape index (κ1) is 13.3. The van der Waals surface area contributed by atoms with Gasteiger partial charge in [0.05, 0.1) is 25.5 Å². The Bertz CT molecular complexity index is 519. The molecule has 1 atom stereocenters. The Balaban J connectivity index is 1.54. The third-order valence-electron chi connectivity index (χ3n) is 3.13. The molecule has 0 saturated carbocycles. The van der Waals surface area contributed by atoms with E-state index in [0.29, 0.717) is 24.0 Å². The molecule has 1 aliphatic rings. The van der Waals surface area contributed by atoms with Gasteiger partial charge in [-0.15, -0.1) is 0 Å². The molecule has 1 N–H and O–H groups in total. The maximum atomic E-state index is 5.66. The van der Waals surface area contributed by atoms with Gasteiger partial charge >= 0.3 is 0 Å². The summed E-state index contributed by atoms with van der Waals surface area (Å²) < 4.78 is 16.1. The van der Waals surface area contributed by atoms with E-state index in [-0.39, 0.29) is 6.10 Å². The molecule has 3 rings (SSSR count). The maximum absolute atomic E-state index is 5.66. The van der Waals surface area contributed by atoms with Crippen molar-refractivity contribution in [2.45, 2.75) is 12.6 Å². The van der Waals surface area contributed by atoms with Crippen molar-refractivity contribution in [2.75, 3.05) is 33.3 Å². The van der Waals surface area contributed by atoms with Gasteiger partial charge in [0.2, 0.25) is 11.7 Å². The third kappa shape index (κ3) is 3.24. The number of nitrogens with zero attached hydrogens (tertiary/aromatic N) is 3. The van der Waals surface area contributed by atoms with Crippen molar-refractivity contribution >= 4 is 0 Å². The Hall–Kier alpha value is -1.70. The molecule has 1 unspecified atom stereocenters. The van der Waals surface area contributed by atoms with Crippen LogP contribution in [0.5, 0.6) is 0 Å². The van der Waals surface area contributed by atoms with Gasteiger partial charge in [-0.25, -0.2) is 0 Å². The third-order valence-corrected chi connectivity index (χ3v) is 3.13. The summed E-state index contributed by atoms with van der Waals surface area (Å²) in [5, 5.41) is 7.22. The summed E-state index contributed by atoms with van der Waals surface area (Å²) in [6.07, 6.45) is 1.80. The van der Waals surface area contributed by atoms with Gasteiger partial charge in [-0.2, -0.15) is 4.98 Å². The van der Waals surface area contributed by atoms with Crippen LogP contribution in [0.25, 0.3) is 11.6 Å². The van der Waals surface area contributed by atoms with Crippen molar-refractivity contribution in [2.24, 2.45) is 0 Å². The Morgan fingerprint density at radius 3 is 3.20 bits per heavy atom. The first-order valence-electron chi connectivity index (χ1n) is 6.68. The lowest BCUT2D eigenvalue weighted by atomic mass is 10.3. The Labute approximate surface area is 116 Å². The van der Waals surface area contributed by atoms with Crippen molar-refractivity contribution in [3.05, 3.63) is 24.3 Å². The summed E-state index contributed by atoms with van der Waals surface area (Å²) in [6.45, 7) is 3.99. The average molecular weight is 278 g/mol. The Kier molecular flexibility index (Phi) is 4.10. The molecular weight excluding hydrogens is 260 g/mol. The number of morpholine rings is 1. The second kappa shape index (κ2) is 6.17. The number of rotatable bonds is 5. The number of aromatic nitrogens is 2. The van der Waals surface area contributed by atoms with Crippen LogP contribution in [0.3, 0.4) is 0 Å². The fourth-order valence-corrected chi connectivity index (χ4v) is 2.21. The molecule has 3 heterocycles. The minimum atomic E-state index is 0.209. The normalized spacial score (nSPS) is 19.6. The van der Waals surface area contributed by atoms with Gasteiger partial charge in [-0.1, -0.05) is 5.16 Å².